The summed E-state index contributed by atoms with van der Waals surface area (Å²) in [5.74, 6) is -1.87. The maximum Gasteiger partial charge on any atom is 0.419 e. The van der Waals surface area contributed by atoms with E-state index < -0.39 is 33.4 Å². The van der Waals surface area contributed by atoms with E-state index in [4.69, 9.17) is 4.52 Å². The summed E-state index contributed by atoms with van der Waals surface area (Å²) >= 11 is 0. The van der Waals surface area contributed by atoms with Gasteiger partial charge in [-0.05, 0) is 51.0 Å². The Kier molecular flexibility index (Phi) is 8.50. The number of alkyl halides is 5. The summed E-state index contributed by atoms with van der Waals surface area (Å²) in [6, 6.07) is 10.8. The number of hydrogen-bond donors (Lipinski definition) is 2. The molecule has 10 nitrogen and oxygen atoms in total. The van der Waals surface area contributed by atoms with Crippen molar-refractivity contribution >= 4 is 27.0 Å². The molecule has 1 saturated heterocycles. The number of pyridine rings is 1. The van der Waals surface area contributed by atoms with E-state index >= 15 is 0 Å². The van der Waals surface area contributed by atoms with E-state index in [1.54, 1.807) is 44.2 Å². The first kappa shape index (κ1) is 32.5. The summed E-state index contributed by atoms with van der Waals surface area (Å²) in [5.41, 5.74) is -0.145. The van der Waals surface area contributed by atoms with Crippen molar-refractivity contribution in [3.05, 3.63) is 71.9 Å². The normalized spacial score (nSPS) is 16.5. The van der Waals surface area contributed by atoms with E-state index in [-0.39, 0.29) is 46.6 Å². The predicted molar refractivity (Wildman–Crippen MR) is 163 cm³/mol. The number of fused-ring (bicyclic) bond motifs is 1. The lowest BCUT2D eigenvalue weighted by Crippen LogP contribution is -2.52. The number of rotatable bonds is 6. The Morgan fingerprint density at radius 3 is 2.28 bits per heavy atom. The second-order valence-electron chi connectivity index (χ2n) is 11.5. The zero-order chi connectivity index (χ0) is 33.6. The molecule has 0 amide bonds. The molecular formula is C31H30F5N7O3S. The molecule has 248 valence electrons. The molecule has 1 aliphatic heterocycles. The van der Waals surface area contributed by atoms with E-state index in [2.05, 4.69) is 30.7 Å². The first-order valence-electron chi connectivity index (χ1n) is 14.8. The number of hydrogen-bond acceptors (Lipinski definition) is 9. The molecule has 5 aromatic rings. The van der Waals surface area contributed by atoms with Gasteiger partial charge >= 0.3 is 6.18 Å². The molecule has 4 aromatic heterocycles. The number of nitrogens with one attached hydrogen (secondary N) is 2. The first-order chi connectivity index (χ1) is 22.2. The van der Waals surface area contributed by atoms with E-state index in [0.717, 1.165) is 42.0 Å². The molecule has 1 saturated carbocycles. The quantitative estimate of drug-likeness (QED) is 0.191. The maximum atomic E-state index is 14.3. The minimum absolute atomic E-state index is 0.0403. The molecule has 2 aliphatic rings. The van der Waals surface area contributed by atoms with Crippen molar-refractivity contribution in [2.75, 3.05) is 18.4 Å². The molecule has 2 fully saturated rings. The van der Waals surface area contributed by atoms with Gasteiger partial charge in [0, 0.05) is 29.4 Å². The van der Waals surface area contributed by atoms with Crippen LogP contribution in [0.25, 0.3) is 33.5 Å². The van der Waals surface area contributed by atoms with Gasteiger partial charge < -0.3 is 15.2 Å². The van der Waals surface area contributed by atoms with Crippen molar-refractivity contribution in [2.45, 2.75) is 62.6 Å². The van der Waals surface area contributed by atoms with Crippen LogP contribution >= 0.6 is 0 Å². The SMILES string of the molecule is Cc1noc(C)c1-c1ccc2c(-c3nc(NC4CCCC4)ncc3C(F)(F)F)cn(S(=O)(=O)c3ccccc3)c2n1.FC1(F)CNC1. The van der Waals surface area contributed by atoms with Gasteiger partial charge in [-0.3, -0.25) is 0 Å². The Bertz CT molecular complexity index is 2000. The summed E-state index contributed by atoms with van der Waals surface area (Å²) < 4.78 is 99.5. The summed E-state index contributed by atoms with van der Waals surface area (Å²) in [5, 5.41) is 9.71. The smallest absolute Gasteiger partial charge is 0.361 e. The van der Waals surface area contributed by atoms with Gasteiger partial charge in [-0.15, -0.1) is 0 Å². The molecule has 0 radical (unpaired) electrons. The van der Waals surface area contributed by atoms with Crippen LogP contribution in [0.4, 0.5) is 27.9 Å². The fourth-order valence-corrected chi connectivity index (χ4v) is 6.91. The molecule has 5 heterocycles. The van der Waals surface area contributed by atoms with Gasteiger partial charge in [0.25, 0.3) is 15.9 Å². The Balaban J connectivity index is 0.000000580. The van der Waals surface area contributed by atoms with Crippen molar-refractivity contribution in [3.63, 3.8) is 0 Å². The number of halogens is 5. The van der Waals surface area contributed by atoms with Gasteiger partial charge in [0.1, 0.15) is 11.3 Å². The molecule has 47 heavy (non-hydrogen) atoms. The molecule has 1 aromatic carbocycles. The number of benzene rings is 1. The van der Waals surface area contributed by atoms with Gasteiger partial charge in [-0.25, -0.2) is 36.1 Å². The monoisotopic (exact) mass is 675 g/mol. The van der Waals surface area contributed by atoms with E-state index in [1.165, 1.54) is 12.1 Å². The Morgan fingerprint density at radius 2 is 1.70 bits per heavy atom. The Labute approximate surface area is 266 Å². The van der Waals surface area contributed by atoms with Crippen LogP contribution in [0.5, 0.6) is 0 Å². The van der Waals surface area contributed by atoms with Gasteiger partial charge in [0.2, 0.25) is 5.95 Å². The van der Waals surface area contributed by atoms with Crippen molar-refractivity contribution in [3.8, 4) is 22.5 Å². The van der Waals surface area contributed by atoms with Crippen LogP contribution in [0.15, 0.2) is 64.3 Å². The average Bonchev–Trinajstić information content (AvgIpc) is 3.75. The third kappa shape index (κ3) is 6.56. The molecule has 1 aliphatic carbocycles. The highest BCUT2D eigenvalue weighted by molar-refractivity contribution is 7.90. The Morgan fingerprint density at radius 1 is 1.02 bits per heavy atom. The van der Waals surface area contributed by atoms with Crippen LogP contribution in [0.3, 0.4) is 0 Å². The van der Waals surface area contributed by atoms with Crippen LogP contribution < -0.4 is 10.6 Å². The molecule has 7 rings (SSSR count). The lowest BCUT2D eigenvalue weighted by Gasteiger charge is -2.25. The topological polar surface area (TPSA) is 128 Å². The third-order valence-electron chi connectivity index (χ3n) is 8.01. The molecule has 2 N–H and O–H groups in total. The summed E-state index contributed by atoms with van der Waals surface area (Å²) in [4.78, 5) is 12.8. The highest BCUT2D eigenvalue weighted by atomic mass is 32.2. The first-order valence-corrected chi connectivity index (χ1v) is 16.2. The zero-order valence-corrected chi connectivity index (χ0v) is 26.1. The third-order valence-corrected chi connectivity index (χ3v) is 9.68. The molecular weight excluding hydrogens is 645 g/mol. The molecule has 0 atom stereocenters. The molecule has 0 bridgehead atoms. The van der Waals surface area contributed by atoms with Crippen molar-refractivity contribution in [1.29, 1.82) is 0 Å². The van der Waals surface area contributed by atoms with E-state index in [9.17, 15) is 30.4 Å². The summed E-state index contributed by atoms with van der Waals surface area (Å²) in [6.07, 6.45) is 0.835. The Hall–Kier alpha value is -4.44. The van der Waals surface area contributed by atoms with Crippen LogP contribution in [-0.2, 0) is 16.2 Å². The van der Waals surface area contributed by atoms with Crippen LogP contribution in [0, 0.1) is 13.8 Å². The summed E-state index contributed by atoms with van der Waals surface area (Å²) in [7, 11) is -4.26. The highest BCUT2D eigenvalue weighted by Crippen LogP contribution is 2.41. The van der Waals surface area contributed by atoms with Crippen LogP contribution in [-0.4, -0.2) is 57.6 Å². The number of aromatic nitrogens is 5. The molecule has 0 spiro atoms. The fourth-order valence-electron chi connectivity index (χ4n) is 5.57. The fraction of sp³-hybridized carbons (Fsp3) is 0.355. The molecule has 0 unspecified atom stereocenters. The van der Waals surface area contributed by atoms with Crippen molar-refractivity contribution < 1.29 is 34.9 Å². The second kappa shape index (κ2) is 12.3. The average molecular weight is 676 g/mol. The van der Waals surface area contributed by atoms with E-state index in [1.807, 2.05) is 0 Å². The maximum absolute atomic E-state index is 14.3. The zero-order valence-electron chi connectivity index (χ0n) is 25.3. The lowest BCUT2D eigenvalue weighted by atomic mass is 10.1. The van der Waals surface area contributed by atoms with Crippen molar-refractivity contribution in [2.24, 2.45) is 0 Å². The largest absolute Gasteiger partial charge is 0.419 e. The van der Waals surface area contributed by atoms with Gasteiger partial charge in [-0.2, -0.15) is 13.2 Å². The second-order valence-corrected chi connectivity index (χ2v) is 13.3. The van der Waals surface area contributed by atoms with Gasteiger partial charge in [0.05, 0.1) is 40.6 Å². The lowest BCUT2D eigenvalue weighted by molar-refractivity contribution is -0.137. The minimum Gasteiger partial charge on any atom is -0.361 e. The van der Waals surface area contributed by atoms with Crippen LogP contribution in [0.2, 0.25) is 0 Å². The molecule has 16 heteroatoms. The number of nitrogens with zero attached hydrogens (tertiary/aromatic N) is 5. The predicted octanol–water partition coefficient (Wildman–Crippen LogP) is 6.60. The van der Waals surface area contributed by atoms with Gasteiger partial charge in [-0.1, -0.05) is 36.2 Å². The van der Waals surface area contributed by atoms with Crippen molar-refractivity contribution in [1.82, 2.24) is 29.4 Å². The van der Waals surface area contributed by atoms with Gasteiger partial charge in [0.15, 0.2) is 5.65 Å². The number of anilines is 1. The summed E-state index contributed by atoms with van der Waals surface area (Å²) in [6.45, 7) is 3.15. The highest BCUT2D eigenvalue weighted by Gasteiger charge is 2.38. The standard InChI is InChI=1S/C28H25F3N6O3S.C3H5F2N/c1-16-24(17(2)40-36-16)23-13-12-20-21(15-37(26(20)34-23)41(38,39)19-10-4-3-5-11-19)25-22(28(29,30)31)14-32-27(35-25)33-18-8-6-7-9-18;4-3(5)1-6-2-3/h3-5,10-15,18H,6-9H2,1-2H3,(H,32,33,35);6H,1-2H2. The van der Waals surface area contributed by atoms with Crippen LogP contribution in [0.1, 0.15) is 42.7 Å². The number of aryl methyl sites for hydroxylation is 2. The van der Waals surface area contributed by atoms with E-state index in [0.29, 0.717) is 22.7 Å². The minimum atomic E-state index is -4.79.